The first kappa shape index (κ1) is 20.7. The predicted octanol–water partition coefficient (Wildman–Crippen LogP) is 4.33. The van der Waals surface area contributed by atoms with Gasteiger partial charge >= 0.3 is 0 Å². The number of nitrogens with zero attached hydrogens (tertiary/aromatic N) is 6. The number of nitro benzene ring substituents is 1. The van der Waals surface area contributed by atoms with Crippen molar-refractivity contribution in [3.8, 4) is 0 Å². The summed E-state index contributed by atoms with van der Waals surface area (Å²) < 4.78 is 0.993. The summed E-state index contributed by atoms with van der Waals surface area (Å²) >= 11 is 3.40. The van der Waals surface area contributed by atoms with Gasteiger partial charge in [-0.05, 0) is 42.7 Å². The summed E-state index contributed by atoms with van der Waals surface area (Å²) in [4.78, 5) is 25.9. The number of anilines is 4. The summed E-state index contributed by atoms with van der Waals surface area (Å²) in [6, 6.07) is 13.8. The van der Waals surface area contributed by atoms with Crippen LogP contribution in [0.2, 0.25) is 0 Å². The van der Waals surface area contributed by atoms with E-state index in [-0.39, 0.29) is 5.69 Å². The van der Waals surface area contributed by atoms with Crippen LogP contribution in [-0.2, 0) is 0 Å². The van der Waals surface area contributed by atoms with E-state index in [1.54, 1.807) is 18.3 Å². The van der Waals surface area contributed by atoms with Crippen LogP contribution < -0.4 is 15.6 Å². The number of hydrazone groups is 1. The van der Waals surface area contributed by atoms with Gasteiger partial charge in [0, 0.05) is 35.4 Å². The minimum absolute atomic E-state index is 0.0172. The van der Waals surface area contributed by atoms with Gasteiger partial charge in [-0.1, -0.05) is 28.1 Å². The lowest BCUT2D eigenvalue weighted by Gasteiger charge is -2.16. The summed E-state index contributed by atoms with van der Waals surface area (Å²) in [5.41, 5.74) is 4.44. The van der Waals surface area contributed by atoms with Crippen molar-refractivity contribution in [2.75, 3.05) is 28.7 Å². The Morgan fingerprint density at radius 3 is 2.35 bits per heavy atom. The molecule has 2 aromatic carbocycles. The van der Waals surface area contributed by atoms with E-state index in [0.717, 1.165) is 36.0 Å². The number of halogens is 1. The van der Waals surface area contributed by atoms with Crippen molar-refractivity contribution >= 4 is 51.4 Å². The second-order valence-corrected chi connectivity index (χ2v) is 7.74. The molecule has 4 rings (SSSR count). The van der Waals surface area contributed by atoms with E-state index >= 15 is 0 Å². The van der Waals surface area contributed by atoms with E-state index in [2.05, 4.69) is 51.6 Å². The molecule has 1 aliphatic heterocycles. The Morgan fingerprint density at radius 1 is 1.00 bits per heavy atom. The monoisotopic (exact) mass is 482 g/mol. The van der Waals surface area contributed by atoms with Crippen LogP contribution in [0.15, 0.2) is 58.1 Å². The van der Waals surface area contributed by atoms with Gasteiger partial charge in [0.1, 0.15) is 0 Å². The molecule has 0 saturated carbocycles. The fraction of sp³-hybridized carbons (Fsp3) is 0.200. The van der Waals surface area contributed by atoms with Crippen molar-refractivity contribution in [1.82, 2.24) is 15.0 Å². The molecular formula is C20H19BrN8O2. The molecule has 0 radical (unpaired) electrons. The highest BCUT2D eigenvalue weighted by Gasteiger charge is 2.17. The van der Waals surface area contributed by atoms with Gasteiger partial charge in [-0.3, -0.25) is 10.1 Å². The van der Waals surface area contributed by atoms with E-state index in [4.69, 9.17) is 0 Å². The molecule has 0 unspecified atom stereocenters. The summed E-state index contributed by atoms with van der Waals surface area (Å²) in [6.07, 6.45) is 3.84. The molecule has 158 valence electrons. The molecule has 0 aliphatic carbocycles. The topological polar surface area (TPSA) is 121 Å². The van der Waals surface area contributed by atoms with Crippen LogP contribution in [0.25, 0.3) is 0 Å². The molecule has 1 fully saturated rings. The Morgan fingerprint density at radius 2 is 1.68 bits per heavy atom. The SMILES string of the molecule is O=[N+]([O-])c1ccc(Nc2nc(N/N=C/c3ccc(Br)cc3)nc(N3CCCC3)n2)cc1. The average molecular weight is 483 g/mol. The minimum Gasteiger partial charge on any atom is -0.341 e. The largest absolute Gasteiger partial charge is 0.341 e. The highest BCUT2D eigenvalue weighted by atomic mass is 79.9. The molecule has 3 aromatic rings. The van der Waals surface area contributed by atoms with E-state index < -0.39 is 4.92 Å². The zero-order chi connectivity index (χ0) is 21.6. The van der Waals surface area contributed by atoms with Gasteiger partial charge in [-0.2, -0.15) is 20.1 Å². The first-order valence-electron chi connectivity index (χ1n) is 9.64. The number of hydrogen-bond acceptors (Lipinski definition) is 9. The van der Waals surface area contributed by atoms with Crippen molar-refractivity contribution in [1.29, 1.82) is 0 Å². The van der Waals surface area contributed by atoms with Gasteiger partial charge < -0.3 is 10.2 Å². The highest BCUT2D eigenvalue weighted by Crippen LogP contribution is 2.22. The van der Waals surface area contributed by atoms with Crippen LogP contribution in [-0.4, -0.2) is 39.2 Å². The fourth-order valence-electron chi connectivity index (χ4n) is 3.04. The Hall–Kier alpha value is -3.60. The Kier molecular flexibility index (Phi) is 6.32. The van der Waals surface area contributed by atoms with Crippen molar-refractivity contribution in [2.45, 2.75) is 12.8 Å². The maximum absolute atomic E-state index is 10.8. The standard InChI is InChI=1S/C20H19BrN8O2/c21-15-5-3-14(4-6-15)13-22-27-19-24-18(25-20(26-19)28-11-1-2-12-28)23-16-7-9-17(10-8-16)29(30)31/h3-10,13H,1-2,11-12H2,(H2,23,24,25,26,27)/b22-13+. The summed E-state index contributed by atoms with van der Waals surface area (Å²) in [7, 11) is 0. The first-order chi connectivity index (χ1) is 15.1. The van der Waals surface area contributed by atoms with Crippen LogP contribution in [0.5, 0.6) is 0 Å². The Labute approximate surface area is 186 Å². The number of nitro groups is 1. The number of non-ortho nitro benzene ring substituents is 1. The molecule has 0 bridgehead atoms. The second-order valence-electron chi connectivity index (χ2n) is 6.83. The molecule has 11 heteroatoms. The van der Waals surface area contributed by atoms with Crippen LogP contribution in [0.3, 0.4) is 0 Å². The van der Waals surface area contributed by atoms with Gasteiger partial charge in [0.25, 0.3) is 5.69 Å². The molecule has 0 spiro atoms. The molecule has 0 atom stereocenters. The third-order valence-corrected chi connectivity index (χ3v) is 5.12. The van der Waals surface area contributed by atoms with Crippen LogP contribution >= 0.6 is 15.9 Å². The van der Waals surface area contributed by atoms with Gasteiger partial charge in [0.05, 0.1) is 11.1 Å². The maximum atomic E-state index is 10.8. The molecule has 1 aromatic heterocycles. The highest BCUT2D eigenvalue weighted by molar-refractivity contribution is 9.10. The van der Waals surface area contributed by atoms with E-state index in [1.807, 2.05) is 24.3 Å². The smallest absolute Gasteiger partial charge is 0.269 e. The summed E-state index contributed by atoms with van der Waals surface area (Å²) in [5.74, 6) is 1.18. The van der Waals surface area contributed by atoms with Crippen molar-refractivity contribution in [3.63, 3.8) is 0 Å². The molecule has 1 aliphatic rings. The lowest BCUT2D eigenvalue weighted by molar-refractivity contribution is -0.384. The summed E-state index contributed by atoms with van der Waals surface area (Å²) in [5, 5.41) is 18.2. The van der Waals surface area contributed by atoms with Gasteiger partial charge in [0.15, 0.2) is 0 Å². The molecule has 10 nitrogen and oxygen atoms in total. The maximum Gasteiger partial charge on any atom is 0.269 e. The van der Waals surface area contributed by atoms with Crippen LogP contribution in [0.4, 0.5) is 29.2 Å². The third-order valence-electron chi connectivity index (χ3n) is 4.59. The Balaban J connectivity index is 1.54. The zero-order valence-corrected chi connectivity index (χ0v) is 18.0. The molecule has 2 heterocycles. The van der Waals surface area contributed by atoms with Crippen LogP contribution in [0.1, 0.15) is 18.4 Å². The summed E-state index contributed by atoms with van der Waals surface area (Å²) in [6.45, 7) is 1.76. The van der Waals surface area contributed by atoms with E-state index in [9.17, 15) is 10.1 Å². The lowest BCUT2D eigenvalue weighted by Crippen LogP contribution is -2.21. The van der Waals surface area contributed by atoms with Gasteiger partial charge in [-0.25, -0.2) is 5.43 Å². The van der Waals surface area contributed by atoms with Crippen molar-refractivity contribution in [3.05, 3.63) is 68.7 Å². The average Bonchev–Trinajstić information content (AvgIpc) is 3.30. The predicted molar refractivity (Wildman–Crippen MR) is 123 cm³/mol. The number of aromatic nitrogens is 3. The molecule has 1 saturated heterocycles. The Bertz CT molecular complexity index is 1080. The van der Waals surface area contributed by atoms with Crippen molar-refractivity contribution in [2.24, 2.45) is 5.10 Å². The quantitative estimate of drug-likeness (QED) is 0.289. The first-order valence-corrected chi connectivity index (χ1v) is 10.4. The fourth-order valence-corrected chi connectivity index (χ4v) is 3.30. The third kappa shape index (κ3) is 5.51. The van der Waals surface area contributed by atoms with E-state index in [0.29, 0.717) is 23.5 Å². The zero-order valence-electron chi connectivity index (χ0n) is 16.4. The number of nitrogens with one attached hydrogen (secondary N) is 2. The van der Waals surface area contributed by atoms with Gasteiger partial charge in [-0.15, -0.1) is 0 Å². The van der Waals surface area contributed by atoms with E-state index in [1.165, 1.54) is 12.1 Å². The molecular weight excluding hydrogens is 464 g/mol. The minimum atomic E-state index is -0.441. The normalized spacial score (nSPS) is 13.5. The van der Waals surface area contributed by atoms with Crippen molar-refractivity contribution < 1.29 is 4.92 Å². The number of rotatable bonds is 7. The lowest BCUT2D eigenvalue weighted by atomic mass is 10.2. The number of benzene rings is 2. The van der Waals surface area contributed by atoms with Gasteiger partial charge in [0.2, 0.25) is 17.8 Å². The number of hydrogen-bond donors (Lipinski definition) is 2. The van der Waals surface area contributed by atoms with Crippen LogP contribution in [0, 0.1) is 10.1 Å². The second kappa shape index (κ2) is 9.47. The molecule has 0 amide bonds. The molecule has 31 heavy (non-hydrogen) atoms. The molecule has 2 N–H and O–H groups in total.